The van der Waals surface area contributed by atoms with Gasteiger partial charge in [0.1, 0.15) is 11.5 Å². The van der Waals surface area contributed by atoms with Gasteiger partial charge in [-0.3, -0.25) is 9.48 Å². The fourth-order valence-corrected chi connectivity index (χ4v) is 7.35. The molecule has 0 radical (unpaired) electrons. The van der Waals surface area contributed by atoms with E-state index in [1.807, 2.05) is 31.2 Å². The number of primary amides is 1. The molecule has 2 atom stereocenters. The molecule has 2 unspecified atom stereocenters. The van der Waals surface area contributed by atoms with Crippen LogP contribution in [-0.4, -0.2) is 42.6 Å². The Balaban J connectivity index is 1.72. The number of methoxy groups -OCH3 is 2. The number of nitrogens with zero attached hydrogens (tertiary/aromatic N) is 3. The Bertz CT molecular complexity index is 1930. The summed E-state index contributed by atoms with van der Waals surface area (Å²) in [6.07, 6.45) is 1.77. The highest BCUT2D eigenvalue weighted by Gasteiger charge is 2.32. The molecule has 0 aliphatic rings. The lowest BCUT2D eigenvalue weighted by atomic mass is 9.90. The van der Waals surface area contributed by atoms with Crippen LogP contribution in [0.2, 0.25) is 5.02 Å². The number of carbonyl (C=O) groups is 1. The summed E-state index contributed by atoms with van der Waals surface area (Å²) in [6, 6.07) is 24.7. The molecule has 4 aromatic carbocycles. The molecule has 5 rings (SSSR count). The first-order valence-corrected chi connectivity index (χ1v) is 17.1. The van der Waals surface area contributed by atoms with E-state index in [0.717, 1.165) is 11.1 Å². The van der Waals surface area contributed by atoms with Crippen LogP contribution in [0.1, 0.15) is 55.0 Å². The minimum absolute atomic E-state index is 0.0209. The maximum atomic E-state index is 15.0. The molecule has 246 valence electrons. The van der Waals surface area contributed by atoms with Crippen LogP contribution in [0, 0.1) is 5.92 Å². The molecule has 0 aliphatic heterocycles. The SMILES string of the molecule is COc1ccc(CN(Cc2ccc(OC)cc2)S(=O)(=O)c2cc(C(C(N)=O)c3ccccc3Cl)cc3nn(C(C)C(C)C)cc23)cc1. The second-order valence-corrected chi connectivity index (χ2v) is 14.2. The van der Waals surface area contributed by atoms with E-state index in [1.165, 1.54) is 10.4 Å². The number of fused-ring (bicyclic) bond motifs is 1. The minimum Gasteiger partial charge on any atom is -0.497 e. The third-order valence-corrected chi connectivity index (χ3v) is 10.7. The highest BCUT2D eigenvalue weighted by molar-refractivity contribution is 7.89. The van der Waals surface area contributed by atoms with E-state index in [4.69, 9.17) is 31.9 Å². The molecule has 5 aromatic rings. The van der Waals surface area contributed by atoms with Gasteiger partial charge in [-0.05, 0) is 77.6 Å². The van der Waals surface area contributed by atoms with Crippen LogP contribution in [0.3, 0.4) is 0 Å². The van der Waals surface area contributed by atoms with E-state index in [1.54, 1.807) is 79.7 Å². The lowest BCUT2D eigenvalue weighted by molar-refractivity contribution is -0.118. The number of sulfonamides is 1. The van der Waals surface area contributed by atoms with Gasteiger partial charge in [-0.25, -0.2) is 8.42 Å². The monoisotopic (exact) mass is 674 g/mol. The van der Waals surface area contributed by atoms with Gasteiger partial charge in [0.05, 0.1) is 36.6 Å². The average molecular weight is 675 g/mol. The predicted molar refractivity (Wildman–Crippen MR) is 184 cm³/mol. The van der Waals surface area contributed by atoms with E-state index < -0.39 is 21.8 Å². The Hall–Kier alpha value is -4.38. The molecule has 1 heterocycles. The first kappa shape index (κ1) is 34.0. The number of carbonyl (C=O) groups excluding carboxylic acids is 1. The summed E-state index contributed by atoms with van der Waals surface area (Å²) < 4.78 is 43.8. The van der Waals surface area contributed by atoms with Gasteiger partial charge in [0.2, 0.25) is 15.9 Å². The van der Waals surface area contributed by atoms with E-state index in [9.17, 15) is 13.2 Å². The Morgan fingerprint density at radius 3 is 1.94 bits per heavy atom. The van der Waals surface area contributed by atoms with Crippen molar-refractivity contribution in [2.75, 3.05) is 14.2 Å². The predicted octanol–water partition coefficient (Wildman–Crippen LogP) is 6.93. The van der Waals surface area contributed by atoms with Crippen LogP contribution >= 0.6 is 11.6 Å². The summed E-state index contributed by atoms with van der Waals surface area (Å²) in [5.74, 6) is -0.115. The molecular weight excluding hydrogens is 636 g/mol. The zero-order chi connectivity index (χ0) is 33.9. The van der Waals surface area contributed by atoms with Gasteiger partial charge in [0.15, 0.2) is 0 Å². The largest absolute Gasteiger partial charge is 0.497 e. The van der Waals surface area contributed by atoms with Crippen molar-refractivity contribution >= 4 is 38.4 Å². The zero-order valence-electron chi connectivity index (χ0n) is 27.1. The molecule has 0 fully saturated rings. The van der Waals surface area contributed by atoms with Crippen LogP contribution in [0.4, 0.5) is 0 Å². The number of ether oxygens (including phenoxy) is 2. The standard InChI is InChI=1S/C36H39ClN4O5S/c1-23(2)24(3)41-22-31-33(39-41)18-27(35(36(38)42)30-8-6-7-9-32(30)37)19-34(31)47(43,44)40(20-25-10-14-28(45-4)15-11-25)21-26-12-16-29(46-5)17-13-26/h6-19,22-24,35H,20-21H2,1-5H3,(H2,38,42). The highest BCUT2D eigenvalue weighted by Crippen LogP contribution is 2.37. The number of hydrogen-bond acceptors (Lipinski definition) is 6. The number of nitrogens with two attached hydrogens (primary N) is 1. The molecular formula is C36H39ClN4O5S. The van der Waals surface area contributed by atoms with Gasteiger partial charge in [-0.15, -0.1) is 0 Å². The minimum atomic E-state index is -4.23. The maximum absolute atomic E-state index is 15.0. The van der Waals surface area contributed by atoms with Gasteiger partial charge in [0.25, 0.3) is 0 Å². The van der Waals surface area contributed by atoms with E-state index in [2.05, 4.69) is 13.8 Å². The van der Waals surface area contributed by atoms with Gasteiger partial charge in [-0.2, -0.15) is 9.40 Å². The number of amides is 1. The lowest BCUT2D eigenvalue weighted by Gasteiger charge is -2.24. The topological polar surface area (TPSA) is 117 Å². The maximum Gasteiger partial charge on any atom is 0.244 e. The van der Waals surface area contributed by atoms with Gasteiger partial charge >= 0.3 is 0 Å². The fraction of sp³-hybridized carbons (Fsp3) is 0.278. The molecule has 1 amide bonds. The summed E-state index contributed by atoms with van der Waals surface area (Å²) in [7, 11) is -1.07. The Morgan fingerprint density at radius 1 is 0.894 bits per heavy atom. The summed E-state index contributed by atoms with van der Waals surface area (Å²) in [6.45, 7) is 6.33. The summed E-state index contributed by atoms with van der Waals surface area (Å²) in [4.78, 5) is 13.1. The second-order valence-electron chi connectivity index (χ2n) is 11.9. The number of benzene rings is 4. The molecule has 47 heavy (non-hydrogen) atoms. The van der Waals surface area contributed by atoms with Crippen molar-refractivity contribution in [1.29, 1.82) is 0 Å². The van der Waals surface area contributed by atoms with E-state index in [0.29, 0.717) is 38.6 Å². The summed E-state index contributed by atoms with van der Waals surface area (Å²) >= 11 is 6.54. The number of halogens is 1. The van der Waals surface area contributed by atoms with E-state index >= 15 is 0 Å². The number of hydrogen-bond donors (Lipinski definition) is 1. The van der Waals surface area contributed by atoms with Gasteiger partial charge < -0.3 is 15.2 Å². The molecule has 11 heteroatoms. The van der Waals surface area contributed by atoms with Crippen molar-refractivity contribution in [2.24, 2.45) is 11.7 Å². The lowest BCUT2D eigenvalue weighted by Crippen LogP contribution is -2.31. The van der Waals surface area contributed by atoms with Crippen LogP contribution in [-0.2, 0) is 27.9 Å². The van der Waals surface area contributed by atoms with Crippen molar-refractivity contribution < 1.29 is 22.7 Å². The molecule has 1 aromatic heterocycles. The molecule has 0 saturated carbocycles. The quantitative estimate of drug-likeness (QED) is 0.145. The normalized spacial score (nSPS) is 13.2. The van der Waals surface area contributed by atoms with Crippen LogP contribution < -0.4 is 15.2 Å². The Morgan fingerprint density at radius 2 is 1.45 bits per heavy atom. The molecule has 0 aliphatic carbocycles. The van der Waals surface area contributed by atoms with Crippen LogP contribution in [0.5, 0.6) is 11.5 Å². The molecule has 9 nitrogen and oxygen atoms in total. The molecule has 2 N–H and O–H groups in total. The Kier molecular flexibility index (Phi) is 10.2. The van der Waals surface area contributed by atoms with Gasteiger partial charge in [-0.1, -0.05) is 67.9 Å². The second kappa shape index (κ2) is 14.2. The van der Waals surface area contributed by atoms with Crippen LogP contribution in [0.25, 0.3) is 10.9 Å². The molecule has 0 saturated heterocycles. The van der Waals surface area contributed by atoms with Crippen molar-refractivity contribution in [2.45, 2.75) is 50.7 Å². The van der Waals surface area contributed by atoms with Crippen molar-refractivity contribution in [1.82, 2.24) is 14.1 Å². The smallest absolute Gasteiger partial charge is 0.244 e. The fourth-order valence-electron chi connectivity index (χ4n) is 5.47. The summed E-state index contributed by atoms with van der Waals surface area (Å²) in [5.41, 5.74) is 8.80. The highest BCUT2D eigenvalue weighted by atomic mass is 35.5. The molecule has 0 bridgehead atoms. The third kappa shape index (κ3) is 7.30. The van der Waals surface area contributed by atoms with E-state index in [-0.39, 0.29) is 29.9 Å². The zero-order valence-corrected chi connectivity index (χ0v) is 28.6. The average Bonchev–Trinajstić information content (AvgIpc) is 3.49. The summed E-state index contributed by atoms with van der Waals surface area (Å²) in [5, 5.41) is 5.60. The first-order chi connectivity index (χ1) is 22.4. The van der Waals surface area contributed by atoms with Crippen molar-refractivity contribution in [3.8, 4) is 11.5 Å². The van der Waals surface area contributed by atoms with Crippen molar-refractivity contribution in [3.63, 3.8) is 0 Å². The number of rotatable bonds is 13. The third-order valence-electron chi connectivity index (χ3n) is 8.50. The van der Waals surface area contributed by atoms with Crippen LogP contribution in [0.15, 0.2) is 96.0 Å². The Labute approximate surface area is 280 Å². The molecule has 0 spiro atoms. The van der Waals surface area contributed by atoms with Crippen molar-refractivity contribution in [3.05, 3.63) is 118 Å². The first-order valence-electron chi connectivity index (χ1n) is 15.3. The number of aromatic nitrogens is 2. The van der Waals surface area contributed by atoms with Gasteiger partial charge in [0, 0.05) is 29.7 Å².